The standard InChI is InChI=1S/2C24H29NO5/c2*1-24(2,3)30-23(27)25-15-20(28-16-18-10-6-4-7-11-18)14-21(25)22(26)29-17-19-12-8-5-9-13-19/h2*4-13,20-21H,14-17H2,1-3H3/t2*20-,21-/m11/s1. The van der Waals surface area contributed by atoms with E-state index in [9.17, 15) is 19.2 Å². The summed E-state index contributed by atoms with van der Waals surface area (Å²) in [6, 6.07) is 37.0. The average molecular weight is 823 g/mol. The molecule has 12 heteroatoms. The Morgan fingerprint density at radius 1 is 0.467 bits per heavy atom. The van der Waals surface area contributed by atoms with Crippen LogP contribution in [0.25, 0.3) is 0 Å². The van der Waals surface area contributed by atoms with Gasteiger partial charge in [-0.2, -0.15) is 0 Å². The van der Waals surface area contributed by atoms with E-state index in [2.05, 4.69) is 0 Å². The normalized spacial score (nSPS) is 18.8. The molecule has 0 aromatic heterocycles. The van der Waals surface area contributed by atoms with Crippen molar-refractivity contribution in [2.75, 3.05) is 13.1 Å². The van der Waals surface area contributed by atoms with Gasteiger partial charge in [0.1, 0.15) is 36.5 Å². The molecule has 0 aliphatic carbocycles. The summed E-state index contributed by atoms with van der Waals surface area (Å²) in [6.07, 6.45) is -0.858. The van der Waals surface area contributed by atoms with Crippen LogP contribution in [0.3, 0.4) is 0 Å². The summed E-state index contributed by atoms with van der Waals surface area (Å²) >= 11 is 0. The van der Waals surface area contributed by atoms with Gasteiger partial charge in [0.2, 0.25) is 0 Å². The highest BCUT2D eigenvalue weighted by atomic mass is 16.6. The summed E-state index contributed by atoms with van der Waals surface area (Å²) in [4.78, 5) is 53.9. The molecule has 2 aliphatic heterocycles. The van der Waals surface area contributed by atoms with Crippen molar-refractivity contribution < 1.29 is 47.6 Å². The van der Waals surface area contributed by atoms with Crippen LogP contribution in [0.1, 0.15) is 76.6 Å². The predicted octanol–water partition coefficient (Wildman–Crippen LogP) is 8.65. The first kappa shape index (κ1) is 45.4. The van der Waals surface area contributed by atoms with Crippen LogP contribution in [0.2, 0.25) is 0 Å². The van der Waals surface area contributed by atoms with Gasteiger partial charge in [0.15, 0.2) is 0 Å². The molecule has 0 bridgehead atoms. The minimum Gasteiger partial charge on any atom is -0.459 e. The zero-order valence-corrected chi connectivity index (χ0v) is 35.5. The Morgan fingerprint density at radius 2 is 0.750 bits per heavy atom. The maximum atomic E-state index is 12.8. The maximum Gasteiger partial charge on any atom is 0.411 e. The Hall–Kier alpha value is -5.72. The highest BCUT2D eigenvalue weighted by Gasteiger charge is 2.44. The topological polar surface area (TPSA) is 130 Å². The zero-order chi connectivity index (χ0) is 43.1. The molecule has 0 spiro atoms. The first-order chi connectivity index (χ1) is 28.6. The van der Waals surface area contributed by atoms with Crippen molar-refractivity contribution in [3.8, 4) is 0 Å². The number of ether oxygens (including phenoxy) is 6. The smallest absolute Gasteiger partial charge is 0.411 e. The van der Waals surface area contributed by atoms with Crippen LogP contribution in [0.4, 0.5) is 9.59 Å². The van der Waals surface area contributed by atoms with E-state index in [1.807, 2.05) is 121 Å². The fraction of sp³-hybridized carbons (Fsp3) is 0.417. The van der Waals surface area contributed by atoms with Crippen molar-refractivity contribution in [1.29, 1.82) is 0 Å². The number of nitrogens with zero attached hydrogens (tertiary/aromatic N) is 2. The number of benzene rings is 4. The van der Waals surface area contributed by atoms with Gasteiger partial charge in [0, 0.05) is 12.8 Å². The number of esters is 2. The van der Waals surface area contributed by atoms with Crippen LogP contribution in [0.15, 0.2) is 121 Å². The number of hydrogen-bond donors (Lipinski definition) is 0. The van der Waals surface area contributed by atoms with Gasteiger partial charge in [-0.25, -0.2) is 19.2 Å². The van der Waals surface area contributed by atoms with Gasteiger partial charge in [0.05, 0.1) is 38.5 Å². The van der Waals surface area contributed by atoms with Gasteiger partial charge < -0.3 is 28.4 Å². The lowest BCUT2D eigenvalue weighted by Crippen LogP contribution is -2.44. The summed E-state index contributed by atoms with van der Waals surface area (Å²) in [5.41, 5.74) is 2.55. The van der Waals surface area contributed by atoms with Crippen molar-refractivity contribution >= 4 is 24.1 Å². The Bertz CT molecular complexity index is 1810. The van der Waals surface area contributed by atoms with Gasteiger partial charge in [-0.15, -0.1) is 0 Å². The zero-order valence-electron chi connectivity index (χ0n) is 35.5. The molecule has 0 saturated carbocycles. The molecule has 320 valence electrons. The lowest BCUT2D eigenvalue weighted by Gasteiger charge is -2.27. The molecule has 2 amide bonds. The first-order valence-corrected chi connectivity index (χ1v) is 20.3. The van der Waals surface area contributed by atoms with Crippen LogP contribution in [-0.2, 0) is 64.4 Å². The molecule has 0 N–H and O–H groups in total. The van der Waals surface area contributed by atoms with Gasteiger partial charge in [0.25, 0.3) is 0 Å². The molecule has 2 heterocycles. The van der Waals surface area contributed by atoms with Crippen LogP contribution in [0, 0.1) is 0 Å². The highest BCUT2D eigenvalue weighted by molar-refractivity contribution is 5.83. The molecule has 0 unspecified atom stereocenters. The number of rotatable bonds is 12. The largest absolute Gasteiger partial charge is 0.459 e. The molecule has 4 atom stereocenters. The number of amides is 2. The van der Waals surface area contributed by atoms with E-state index in [-0.39, 0.29) is 38.5 Å². The van der Waals surface area contributed by atoms with E-state index in [1.165, 1.54) is 9.80 Å². The molecule has 6 rings (SSSR count). The first-order valence-electron chi connectivity index (χ1n) is 20.3. The fourth-order valence-electron chi connectivity index (χ4n) is 6.55. The van der Waals surface area contributed by atoms with E-state index in [4.69, 9.17) is 28.4 Å². The van der Waals surface area contributed by atoms with E-state index in [1.54, 1.807) is 41.5 Å². The molecule has 4 aromatic rings. The second kappa shape index (κ2) is 21.5. The van der Waals surface area contributed by atoms with Crippen molar-refractivity contribution in [2.45, 2.75) is 116 Å². The average Bonchev–Trinajstić information content (AvgIpc) is 3.87. The second-order valence-corrected chi connectivity index (χ2v) is 16.8. The van der Waals surface area contributed by atoms with Crippen molar-refractivity contribution in [3.05, 3.63) is 144 Å². The summed E-state index contributed by atoms with van der Waals surface area (Å²) in [5.74, 6) is -0.897. The van der Waals surface area contributed by atoms with Crippen LogP contribution < -0.4 is 0 Å². The molecule has 60 heavy (non-hydrogen) atoms. The van der Waals surface area contributed by atoms with Crippen LogP contribution >= 0.6 is 0 Å². The molecular formula is C48H58N2O10. The van der Waals surface area contributed by atoms with Gasteiger partial charge in [-0.3, -0.25) is 9.80 Å². The van der Waals surface area contributed by atoms with E-state index in [0.29, 0.717) is 26.1 Å². The van der Waals surface area contributed by atoms with Gasteiger partial charge >= 0.3 is 24.1 Å². The van der Waals surface area contributed by atoms with E-state index >= 15 is 0 Å². The number of hydrogen-bond acceptors (Lipinski definition) is 10. The number of likely N-dealkylation sites (tertiary alicyclic amines) is 2. The molecule has 12 nitrogen and oxygen atoms in total. The predicted molar refractivity (Wildman–Crippen MR) is 225 cm³/mol. The molecule has 2 saturated heterocycles. The monoisotopic (exact) mass is 822 g/mol. The highest BCUT2D eigenvalue weighted by Crippen LogP contribution is 2.27. The summed E-state index contributed by atoms with van der Waals surface area (Å²) in [7, 11) is 0. The third-order valence-electron chi connectivity index (χ3n) is 9.43. The van der Waals surface area contributed by atoms with Crippen molar-refractivity contribution in [2.24, 2.45) is 0 Å². The minimum atomic E-state index is -0.732. The van der Waals surface area contributed by atoms with Crippen molar-refractivity contribution in [3.63, 3.8) is 0 Å². The minimum absolute atomic E-state index is 0.161. The fourth-order valence-corrected chi connectivity index (χ4v) is 6.55. The Balaban J connectivity index is 0.000000228. The van der Waals surface area contributed by atoms with Crippen molar-refractivity contribution in [1.82, 2.24) is 9.80 Å². The molecule has 2 fully saturated rings. The molecule has 2 aliphatic rings. The number of carbonyl (C=O) groups excluding carboxylic acids is 4. The maximum absolute atomic E-state index is 12.8. The lowest BCUT2D eigenvalue weighted by atomic mass is 10.2. The lowest BCUT2D eigenvalue weighted by molar-refractivity contribution is -0.150. The summed E-state index contributed by atoms with van der Waals surface area (Å²) < 4.78 is 33.9. The molecular weight excluding hydrogens is 765 g/mol. The third kappa shape index (κ3) is 14.8. The van der Waals surface area contributed by atoms with Gasteiger partial charge in [-0.1, -0.05) is 121 Å². The Kier molecular flexibility index (Phi) is 16.3. The van der Waals surface area contributed by atoms with Crippen LogP contribution in [-0.4, -0.2) is 82.5 Å². The SMILES string of the molecule is CC(C)(C)OC(=O)N1C[C@H](OCc2ccccc2)C[C@@H]1C(=O)OCc1ccccc1.CC(C)(C)OC(=O)N1C[C@H](OCc2ccccc2)C[C@@H]1C(=O)OCc1ccccc1. The van der Waals surface area contributed by atoms with E-state index in [0.717, 1.165) is 22.3 Å². The molecule has 0 radical (unpaired) electrons. The quantitative estimate of drug-likeness (QED) is 0.101. The Morgan fingerprint density at radius 3 is 1.03 bits per heavy atom. The second-order valence-electron chi connectivity index (χ2n) is 16.8. The number of carbonyl (C=O) groups is 4. The Labute approximate surface area is 353 Å². The third-order valence-corrected chi connectivity index (χ3v) is 9.43. The molecule has 4 aromatic carbocycles. The summed E-state index contributed by atoms with van der Waals surface area (Å²) in [5, 5.41) is 0. The van der Waals surface area contributed by atoms with E-state index < -0.39 is 47.4 Å². The summed E-state index contributed by atoms with van der Waals surface area (Å²) in [6.45, 7) is 12.5. The van der Waals surface area contributed by atoms with Gasteiger partial charge in [-0.05, 0) is 63.8 Å². The van der Waals surface area contributed by atoms with Crippen LogP contribution in [0.5, 0.6) is 0 Å².